The molecule has 6 heterocycles. The molecule has 7 rings (SSSR count). The Morgan fingerprint density at radius 1 is 0.921 bits per heavy atom. The molecule has 38 heavy (non-hydrogen) atoms. The number of ether oxygens (including phenoxy) is 1. The molecule has 1 fully saturated rings. The Balaban J connectivity index is 1.25. The van der Waals surface area contributed by atoms with Crippen molar-refractivity contribution in [2.45, 2.75) is 18.9 Å². The van der Waals surface area contributed by atoms with Crippen molar-refractivity contribution in [1.29, 1.82) is 0 Å². The average molecular weight is 506 g/mol. The van der Waals surface area contributed by atoms with Crippen LogP contribution in [-0.2, 0) is 0 Å². The minimum Gasteiger partial charge on any atom is -0.489 e. The zero-order chi connectivity index (χ0) is 25.5. The highest BCUT2D eigenvalue weighted by Gasteiger charge is 2.17. The number of hydrogen-bond acceptors (Lipinski definition) is 6. The van der Waals surface area contributed by atoms with Crippen LogP contribution in [0.5, 0.6) is 5.75 Å². The van der Waals surface area contributed by atoms with Gasteiger partial charge in [-0.3, -0.25) is 10.1 Å². The van der Waals surface area contributed by atoms with Crippen molar-refractivity contribution in [2.24, 2.45) is 0 Å². The average Bonchev–Trinajstić information content (AvgIpc) is 3.58. The molecular weight excluding hydrogens is 481 g/mol. The molecule has 1 aliphatic heterocycles. The van der Waals surface area contributed by atoms with Gasteiger partial charge in [0.2, 0.25) is 0 Å². The summed E-state index contributed by atoms with van der Waals surface area (Å²) in [6.07, 6.45) is 7.45. The fraction of sp³-hybridized carbons (Fsp3) is 0.172. The maximum atomic E-state index is 13.5. The van der Waals surface area contributed by atoms with Crippen LogP contribution in [-0.4, -0.2) is 49.3 Å². The van der Waals surface area contributed by atoms with Crippen molar-refractivity contribution < 1.29 is 9.13 Å². The Labute approximate surface area is 217 Å². The van der Waals surface area contributed by atoms with Crippen LogP contribution in [0.1, 0.15) is 12.8 Å². The Morgan fingerprint density at radius 2 is 1.79 bits per heavy atom. The third-order valence-electron chi connectivity index (χ3n) is 6.95. The van der Waals surface area contributed by atoms with Gasteiger partial charge in [0.1, 0.15) is 34.5 Å². The van der Waals surface area contributed by atoms with E-state index in [1.807, 2.05) is 30.3 Å². The third kappa shape index (κ3) is 4.16. The van der Waals surface area contributed by atoms with Gasteiger partial charge in [0.05, 0.1) is 23.1 Å². The number of piperidine rings is 1. The van der Waals surface area contributed by atoms with Crippen molar-refractivity contribution in [2.75, 3.05) is 13.1 Å². The van der Waals surface area contributed by atoms with Gasteiger partial charge in [0.25, 0.3) is 0 Å². The van der Waals surface area contributed by atoms with Crippen LogP contribution in [0, 0.1) is 5.82 Å². The van der Waals surface area contributed by atoms with Gasteiger partial charge in [-0.05, 0) is 79.5 Å². The fourth-order valence-electron chi connectivity index (χ4n) is 5.01. The maximum Gasteiger partial charge on any atom is 0.138 e. The van der Waals surface area contributed by atoms with Gasteiger partial charge < -0.3 is 15.0 Å². The van der Waals surface area contributed by atoms with Crippen molar-refractivity contribution in [3.63, 3.8) is 0 Å². The first-order valence-electron chi connectivity index (χ1n) is 12.6. The van der Waals surface area contributed by atoms with Gasteiger partial charge in [0.15, 0.2) is 0 Å². The molecule has 8 nitrogen and oxygen atoms in total. The molecule has 1 saturated heterocycles. The first-order chi connectivity index (χ1) is 18.7. The van der Waals surface area contributed by atoms with E-state index in [4.69, 9.17) is 9.72 Å². The summed E-state index contributed by atoms with van der Waals surface area (Å²) >= 11 is 0. The van der Waals surface area contributed by atoms with Crippen LogP contribution < -0.4 is 10.1 Å². The molecule has 6 aromatic rings. The second kappa shape index (κ2) is 9.35. The molecule has 1 aromatic carbocycles. The molecule has 5 aromatic heterocycles. The third-order valence-corrected chi connectivity index (χ3v) is 6.95. The summed E-state index contributed by atoms with van der Waals surface area (Å²) in [4.78, 5) is 17.2. The summed E-state index contributed by atoms with van der Waals surface area (Å²) in [6.45, 7) is 1.93. The molecule has 9 heteroatoms. The number of pyridine rings is 3. The van der Waals surface area contributed by atoms with Gasteiger partial charge in [-0.15, -0.1) is 0 Å². The van der Waals surface area contributed by atoms with E-state index in [1.165, 1.54) is 12.1 Å². The predicted molar refractivity (Wildman–Crippen MR) is 144 cm³/mol. The van der Waals surface area contributed by atoms with E-state index in [9.17, 15) is 4.39 Å². The number of nitrogens with zero attached hydrogens (tertiary/aromatic N) is 4. The first kappa shape index (κ1) is 22.6. The lowest BCUT2D eigenvalue weighted by molar-refractivity contribution is 0.162. The van der Waals surface area contributed by atoms with Crippen LogP contribution in [0.15, 0.2) is 73.2 Å². The monoisotopic (exact) mass is 505 g/mol. The smallest absolute Gasteiger partial charge is 0.138 e. The van der Waals surface area contributed by atoms with E-state index >= 15 is 0 Å². The van der Waals surface area contributed by atoms with E-state index in [2.05, 4.69) is 30.5 Å². The van der Waals surface area contributed by atoms with Crippen LogP contribution >= 0.6 is 0 Å². The maximum absolute atomic E-state index is 13.5. The van der Waals surface area contributed by atoms with Gasteiger partial charge in [-0.2, -0.15) is 5.10 Å². The summed E-state index contributed by atoms with van der Waals surface area (Å²) < 4.78 is 19.7. The lowest BCUT2D eigenvalue weighted by atomic mass is 10.0. The molecule has 0 amide bonds. The summed E-state index contributed by atoms with van der Waals surface area (Å²) in [5.74, 6) is 0.482. The SMILES string of the molecule is Fc1ccc(-c2ccnc3[nH]c(-c4n[nH]c5ccc(-c6cncc(OC7CCNCC7)c6)nc45)cc23)cc1. The molecule has 0 aliphatic carbocycles. The summed E-state index contributed by atoms with van der Waals surface area (Å²) in [5, 5.41) is 11.9. The van der Waals surface area contributed by atoms with Gasteiger partial charge >= 0.3 is 0 Å². The molecule has 1 aliphatic rings. The number of rotatable bonds is 5. The quantitative estimate of drug-likeness (QED) is 0.286. The van der Waals surface area contributed by atoms with Crippen LogP contribution in [0.3, 0.4) is 0 Å². The highest BCUT2D eigenvalue weighted by Crippen LogP contribution is 2.33. The zero-order valence-corrected chi connectivity index (χ0v) is 20.4. The van der Waals surface area contributed by atoms with Crippen LogP contribution in [0.2, 0.25) is 0 Å². The van der Waals surface area contributed by atoms with Gasteiger partial charge in [-0.25, -0.2) is 14.4 Å². The summed E-state index contributed by atoms with van der Waals surface area (Å²) in [6, 6.07) is 16.3. The zero-order valence-electron chi connectivity index (χ0n) is 20.4. The second-order valence-corrected chi connectivity index (χ2v) is 9.45. The molecule has 0 spiro atoms. The first-order valence-corrected chi connectivity index (χ1v) is 12.6. The van der Waals surface area contributed by atoms with E-state index in [1.54, 1.807) is 30.7 Å². The highest BCUT2D eigenvalue weighted by molar-refractivity contribution is 5.99. The number of nitrogens with one attached hydrogen (secondary N) is 3. The number of halogens is 1. The number of fused-ring (bicyclic) bond motifs is 2. The van der Waals surface area contributed by atoms with Crippen LogP contribution in [0.4, 0.5) is 4.39 Å². The molecule has 0 unspecified atom stereocenters. The van der Waals surface area contributed by atoms with Crippen molar-refractivity contribution >= 4 is 22.1 Å². The van der Waals surface area contributed by atoms with Gasteiger partial charge in [0, 0.05) is 23.3 Å². The molecule has 0 radical (unpaired) electrons. The second-order valence-electron chi connectivity index (χ2n) is 9.45. The van der Waals surface area contributed by atoms with Gasteiger partial charge in [-0.1, -0.05) is 12.1 Å². The molecule has 3 N–H and O–H groups in total. The minimum absolute atomic E-state index is 0.194. The van der Waals surface area contributed by atoms with E-state index in [0.29, 0.717) is 5.69 Å². The normalized spacial score (nSPS) is 14.3. The Morgan fingerprint density at radius 3 is 2.66 bits per heavy atom. The number of hydrogen-bond donors (Lipinski definition) is 3. The Hall–Kier alpha value is -4.63. The molecule has 188 valence electrons. The largest absolute Gasteiger partial charge is 0.489 e. The molecule has 0 saturated carbocycles. The summed E-state index contributed by atoms with van der Waals surface area (Å²) in [7, 11) is 0. The lowest BCUT2D eigenvalue weighted by Crippen LogP contribution is -2.34. The lowest BCUT2D eigenvalue weighted by Gasteiger charge is -2.23. The Bertz CT molecular complexity index is 1750. The fourth-order valence-corrected chi connectivity index (χ4v) is 5.01. The minimum atomic E-state index is -0.266. The van der Waals surface area contributed by atoms with Crippen molar-refractivity contribution in [3.8, 4) is 39.5 Å². The highest BCUT2D eigenvalue weighted by atomic mass is 19.1. The molecule has 0 atom stereocenters. The predicted octanol–water partition coefficient (Wildman–Crippen LogP) is 5.50. The van der Waals surface area contributed by atoms with Crippen molar-refractivity contribution in [1.82, 2.24) is 35.5 Å². The number of benzene rings is 1. The van der Waals surface area contributed by atoms with E-state index < -0.39 is 0 Å². The van der Waals surface area contributed by atoms with E-state index in [0.717, 1.165) is 81.8 Å². The summed E-state index contributed by atoms with van der Waals surface area (Å²) in [5.41, 5.74) is 7.30. The number of aromatic nitrogens is 6. The van der Waals surface area contributed by atoms with Crippen LogP contribution in [0.25, 0.3) is 55.8 Å². The Kier molecular flexibility index (Phi) is 5.55. The number of H-pyrrole nitrogens is 2. The number of aromatic amines is 2. The topological polar surface area (TPSA) is 104 Å². The standard InChI is InChI=1S/C29H24FN7O/c30-19-3-1-17(2-4-19)22-9-12-33-29-23(22)14-26(35-29)28-27-25(36-37-28)6-5-24(34-27)18-13-21(16-32-15-18)38-20-7-10-31-11-8-20/h1-6,9,12-16,20,31H,7-8,10-11H2,(H,33,35)(H,36,37). The van der Waals surface area contributed by atoms with E-state index in [-0.39, 0.29) is 11.9 Å². The van der Waals surface area contributed by atoms with Crippen molar-refractivity contribution in [3.05, 3.63) is 79.0 Å². The molecule has 0 bridgehead atoms. The molecular formula is C29H24FN7O.